The fraction of sp³-hybridized carbons (Fsp3) is 0.111. The molecule has 116 valence electrons. The van der Waals surface area contributed by atoms with Gasteiger partial charge in [0.15, 0.2) is 0 Å². The zero-order valence-electron chi connectivity index (χ0n) is 12.7. The zero-order valence-corrected chi connectivity index (χ0v) is 12.7. The van der Waals surface area contributed by atoms with Crippen LogP contribution in [0.25, 0.3) is 5.57 Å². The average molecular weight is 307 g/mol. The molecule has 0 saturated heterocycles. The van der Waals surface area contributed by atoms with Crippen LogP contribution >= 0.6 is 0 Å². The highest BCUT2D eigenvalue weighted by molar-refractivity contribution is 6.31. The van der Waals surface area contributed by atoms with Gasteiger partial charge in [-0.25, -0.2) is 0 Å². The lowest BCUT2D eigenvalue weighted by atomic mass is 9.91. The van der Waals surface area contributed by atoms with Gasteiger partial charge in [-0.1, -0.05) is 47.6 Å². The lowest BCUT2D eigenvalue weighted by Gasteiger charge is -2.27. The summed E-state index contributed by atoms with van der Waals surface area (Å²) in [7, 11) is 2.00. The molecule has 3 rings (SSSR count). The van der Waals surface area contributed by atoms with E-state index >= 15 is 0 Å². The van der Waals surface area contributed by atoms with Crippen molar-refractivity contribution in [1.82, 2.24) is 4.90 Å². The Labute approximate surface area is 134 Å². The molecule has 5 heteroatoms. The molecule has 0 bridgehead atoms. The van der Waals surface area contributed by atoms with E-state index in [2.05, 4.69) is 39.8 Å². The van der Waals surface area contributed by atoms with Crippen LogP contribution in [0.4, 0.5) is 5.69 Å². The summed E-state index contributed by atoms with van der Waals surface area (Å²) in [4.78, 5) is 13.8. The third-order valence-electron chi connectivity index (χ3n) is 3.74. The van der Waals surface area contributed by atoms with Crippen molar-refractivity contribution in [1.29, 1.82) is 0 Å². The number of benzene rings is 2. The van der Waals surface area contributed by atoms with Gasteiger partial charge in [0, 0.05) is 36.6 Å². The maximum absolute atomic E-state index is 11.7. The van der Waals surface area contributed by atoms with Crippen molar-refractivity contribution < 1.29 is 10.0 Å². The van der Waals surface area contributed by atoms with Crippen molar-refractivity contribution in [2.45, 2.75) is 6.54 Å². The SMILES string of the molecule is CN1C=C(c2ccccc2)c2cccc(NC(=O)C=NO)c2C1. The van der Waals surface area contributed by atoms with Crippen LogP contribution < -0.4 is 5.32 Å². The standard InChI is InChI=1S/C18H17N3O2/c1-21-11-15(13-6-3-2-4-7-13)14-8-5-9-17(16(14)12-21)20-18(22)10-19-23/h2-11,23H,12H2,1H3,(H,20,22). The van der Waals surface area contributed by atoms with Crippen molar-refractivity contribution in [3.8, 4) is 0 Å². The smallest absolute Gasteiger partial charge is 0.270 e. The van der Waals surface area contributed by atoms with Gasteiger partial charge in [-0.05, 0) is 17.2 Å². The summed E-state index contributed by atoms with van der Waals surface area (Å²) in [5.41, 5.74) is 5.09. The summed E-state index contributed by atoms with van der Waals surface area (Å²) in [5.74, 6) is -0.459. The first-order valence-corrected chi connectivity index (χ1v) is 7.27. The molecule has 2 aromatic carbocycles. The molecule has 0 saturated carbocycles. The van der Waals surface area contributed by atoms with Crippen molar-refractivity contribution >= 4 is 23.4 Å². The molecule has 0 spiro atoms. The molecule has 0 fully saturated rings. The molecule has 1 aliphatic heterocycles. The van der Waals surface area contributed by atoms with Gasteiger partial charge in [0.25, 0.3) is 5.91 Å². The third-order valence-corrected chi connectivity index (χ3v) is 3.74. The fourth-order valence-corrected chi connectivity index (χ4v) is 2.78. The molecule has 0 aromatic heterocycles. The van der Waals surface area contributed by atoms with Gasteiger partial charge < -0.3 is 15.4 Å². The van der Waals surface area contributed by atoms with E-state index < -0.39 is 5.91 Å². The number of carbonyl (C=O) groups is 1. The molecule has 0 unspecified atom stereocenters. The molecule has 2 N–H and O–H groups in total. The van der Waals surface area contributed by atoms with Crippen LogP contribution in [0.15, 0.2) is 59.9 Å². The van der Waals surface area contributed by atoms with E-state index in [0.29, 0.717) is 6.54 Å². The van der Waals surface area contributed by atoms with Gasteiger partial charge in [-0.3, -0.25) is 4.79 Å². The third kappa shape index (κ3) is 3.08. The molecular weight excluding hydrogens is 290 g/mol. The quantitative estimate of drug-likeness (QED) is 0.520. The summed E-state index contributed by atoms with van der Waals surface area (Å²) in [6.07, 6.45) is 2.96. The summed E-state index contributed by atoms with van der Waals surface area (Å²) in [5, 5.41) is 14.0. The van der Waals surface area contributed by atoms with E-state index in [1.54, 1.807) is 0 Å². The van der Waals surface area contributed by atoms with E-state index in [4.69, 9.17) is 5.21 Å². The van der Waals surface area contributed by atoms with Gasteiger partial charge in [-0.2, -0.15) is 0 Å². The van der Waals surface area contributed by atoms with Crippen molar-refractivity contribution in [2.24, 2.45) is 5.16 Å². The van der Waals surface area contributed by atoms with Gasteiger partial charge in [0.1, 0.15) is 6.21 Å². The van der Waals surface area contributed by atoms with E-state index in [9.17, 15) is 4.79 Å². The van der Waals surface area contributed by atoms with Gasteiger partial charge in [-0.15, -0.1) is 0 Å². The number of hydrogen-bond acceptors (Lipinski definition) is 4. The highest BCUT2D eigenvalue weighted by atomic mass is 16.4. The zero-order chi connectivity index (χ0) is 16.2. The van der Waals surface area contributed by atoms with Crippen LogP contribution in [0.1, 0.15) is 16.7 Å². The molecule has 0 atom stereocenters. The monoisotopic (exact) mass is 307 g/mol. The molecular formula is C18H17N3O2. The number of fused-ring (bicyclic) bond motifs is 1. The van der Waals surface area contributed by atoms with Crippen LogP contribution in [-0.4, -0.2) is 29.3 Å². The number of hydrogen-bond donors (Lipinski definition) is 2. The molecule has 5 nitrogen and oxygen atoms in total. The van der Waals surface area contributed by atoms with E-state index in [1.807, 2.05) is 37.4 Å². The summed E-state index contributed by atoms with van der Waals surface area (Å²) in [6.45, 7) is 0.693. The average Bonchev–Trinajstić information content (AvgIpc) is 2.56. The number of nitrogens with zero attached hydrogens (tertiary/aromatic N) is 2. The summed E-state index contributed by atoms with van der Waals surface area (Å²) < 4.78 is 0. The number of oxime groups is 1. The van der Waals surface area contributed by atoms with E-state index in [-0.39, 0.29) is 0 Å². The number of anilines is 1. The van der Waals surface area contributed by atoms with Gasteiger partial charge >= 0.3 is 0 Å². The molecule has 2 aromatic rings. The van der Waals surface area contributed by atoms with Crippen molar-refractivity contribution in [2.75, 3.05) is 12.4 Å². The second-order valence-electron chi connectivity index (χ2n) is 5.39. The highest BCUT2D eigenvalue weighted by Crippen LogP contribution is 2.34. The van der Waals surface area contributed by atoms with Gasteiger partial charge in [0.2, 0.25) is 0 Å². The predicted molar refractivity (Wildman–Crippen MR) is 90.3 cm³/mol. The molecule has 1 amide bonds. The second-order valence-corrected chi connectivity index (χ2v) is 5.39. The van der Waals surface area contributed by atoms with Crippen LogP contribution in [0.3, 0.4) is 0 Å². The molecule has 0 aliphatic carbocycles. The van der Waals surface area contributed by atoms with Crippen LogP contribution in [0, 0.1) is 0 Å². The van der Waals surface area contributed by atoms with Crippen LogP contribution in [0.2, 0.25) is 0 Å². The van der Waals surface area contributed by atoms with E-state index in [1.165, 1.54) is 0 Å². The largest absolute Gasteiger partial charge is 0.411 e. The maximum atomic E-state index is 11.7. The van der Waals surface area contributed by atoms with E-state index in [0.717, 1.165) is 34.2 Å². The molecule has 23 heavy (non-hydrogen) atoms. The Hall–Kier alpha value is -3.08. The lowest BCUT2D eigenvalue weighted by molar-refractivity contribution is -0.110. The summed E-state index contributed by atoms with van der Waals surface area (Å²) >= 11 is 0. The minimum atomic E-state index is -0.459. The first-order valence-electron chi connectivity index (χ1n) is 7.27. The maximum Gasteiger partial charge on any atom is 0.270 e. The number of nitrogens with one attached hydrogen (secondary N) is 1. The highest BCUT2D eigenvalue weighted by Gasteiger charge is 2.20. The fourth-order valence-electron chi connectivity index (χ4n) is 2.78. The Morgan fingerprint density at radius 3 is 2.74 bits per heavy atom. The molecule has 1 aliphatic rings. The van der Waals surface area contributed by atoms with Crippen LogP contribution in [-0.2, 0) is 11.3 Å². The normalized spacial score (nSPS) is 13.6. The first-order chi connectivity index (χ1) is 11.2. The first kappa shape index (κ1) is 14.8. The van der Waals surface area contributed by atoms with Gasteiger partial charge in [0.05, 0.1) is 0 Å². The minimum absolute atomic E-state index is 0.459. The number of amides is 1. The Morgan fingerprint density at radius 2 is 2.00 bits per heavy atom. The number of rotatable bonds is 3. The minimum Gasteiger partial charge on any atom is -0.411 e. The summed E-state index contributed by atoms with van der Waals surface area (Å²) in [6, 6.07) is 16.0. The predicted octanol–water partition coefficient (Wildman–Crippen LogP) is 2.92. The molecule has 1 heterocycles. The van der Waals surface area contributed by atoms with Crippen molar-refractivity contribution in [3.05, 3.63) is 71.4 Å². The molecule has 0 radical (unpaired) electrons. The van der Waals surface area contributed by atoms with Crippen molar-refractivity contribution in [3.63, 3.8) is 0 Å². The topological polar surface area (TPSA) is 64.9 Å². The Bertz CT molecular complexity index is 782. The lowest BCUT2D eigenvalue weighted by Crippen LogP contribution is -2.21. The Kier molecular flexibility index (Phi) is 4.10. The Morgan fingerprint density at radius 1 is 1.22 bits per heavy atom. The Balaban J connectivity index is 2.05. The number of carbonyl (C=O) groups excluding carboxylic acids is 1. The van der Waals surface area contributed by atoms with Crippen LogP contribution in [0.5, 0.6) is 0 Å². The second kappa shape index (κ2) is 6.36.